The van der Waals surface area contributed by atoms with Gasteiger partial charge >= 0.3 is 0 Å². The molecule has 0 aliphatic carbocycles. The van der Waals surface area contributed by atoms with Crippen molar-refractivity contribution >= 4 is 17.5 Å². The summed E-state index contributed by atoms with van der Waals surface area (Å²) in [5.74, 6) is 1.65. The fourth-order valence-corrected chi connectivity index (χ4v) is 3.90. The van der Waals surface area contributed by atoms with E-state index in [0.29, 0.717) is 33.4 Å². The van der Waals surface area contributed by atoms with Crippen molar-refractivity contribution in [1.29, 1.82) is 0 Å². The fourth-order valence-electron chi connectivity index (χ4n) is 3.67. The number of likely N-dealkylation sites (tertiary alicyclic amines) is 1. The number of rotatable bonds is 6. The first-order valence-electron chi connectivity index (χ1n) is 10.5. The van der Waals surface area contributed by atoms with Gasteiger partial charge in [0.15, 0.2) is 5.82 Å². The maximum absolute atomic E-state index is 12.6. The number of benzene rings is 1. The van der Waals surface area contributed by atoms with E-state index in [9.17, 15) is 4.79 Å². The molecule has 1 aromatic carbocycles. The smallest absolute Gasteiger partial charge is 0.251 e. The molecule has 2 aromatic rings. The van der Waals surface area contributed by atoms with Gasteiger partial charge < -0.3 is 15.0 Å². The standard InChI is InChI=1S/C22H32ClN5O2/c1-14(20-25-15(2)26-27-20)24-21(29)16-6-7-19(18(23)12-16)30-17-8-10-28(11-9-17)13-22(3,4)5/h6-7,12,14,17H,8-11,13H2,1-5H3,(H,24,29)(H,25,26,27)/t14-/m0/s1. The lowest BCUT2D eigenvalue weighted by Crippen LogP contribution is -2.42. The van der Waals surface area contributed by atoms with Crippen LogP contribution in [0.3, 0.4) is 0 Å². The number of hydrogen-bond acceptors (Lipinski definition) is 5. The molecule has 2 heterocycles. The van der Waals surface area contributed by atoms with E-state index in [-0.39, 0.29) is 18.1 Å². The summed E-state index contributed by atoms with van der Waals surface area (Å²) in [7, 11) is 0. The Morgan fingerprint density at radius 3 is 2.63 bits per heavy atom. The molecule has 2 N–H and O–H groups in total. The van der Waals surface area contributed by atoms with Crippen LogP contribution in [-0.4, -0.2) is 51.7 Å². The summed E-state index contributed by atoms with van der Waals surface area (Å²) in [4.78, 5) is 19.3. The number of ether oxygens (including phenoxy) is 1. The zero-order valence-electron chi connectivity index (χ0n) is 18.5. The van der Waals surface area contributed by atoms with Gasteiger partial charge in [-0.25, -0.2) is 4.98 Å². The average molecular weight is 434 g/mol. The van der Waals surface area contributed by atoms with Crippen LogP contribution in [0, 0.1) is 12.3 Å². The molecule has 1 aliphatic rings. The molecule has 0 saturated carbocycles. The molecule has 3 rings (SSSR count). The number of hydrogen-bond donors (Lipinski definition) is 2. The molecule has 0 unspecified atom stereocenters. The first-order valence-corrected chi connectivity index (χ1v) is 10.9. The molecule has 30 heavy (non-hydrogen) atoms. The van der Waals surface area contributed by atoms with Gasteiger partial charge in [0, 0.05) is 25.2 Å². The second-order valence-electron chi connectivity index (χ2n) is 9.27. The Kier molecular flexibility index (Phi) is 7.03. The van der Waals surface area contributed by atoms with E-state index >= 15 is 0 Å². The Labute approximate surface area is 183 Å². The maximum Gasteiger partial charge on any atom is 0.251 e. The van der Waals surface area contributed by atoms with Crippen molar-refractivity contribution in [3.05, 3.63) is 40.4 Å². The molecule has 1 atom stereocenters. The number of nitrogens with one attached hydrogen (secondary N) is 2. The number of nitrogens with zero attached hydrogens (tertiary/aromatic N) is 3. The number of halogens is 1. The Hall–Kier alpha value is -2.12. The Morgan fingerprint density at radius 2 is 2.07 bits per heavy atom. The van der Waals surface area contributed by atoms with E-state index in [1.165, 1.54) is 0 Å². The lowest BCUT2D eigenvalue weighted by molar-refractivity contribution is 0.0811. The third kappa shape index (κ3) is 6.19. The van der Waals surface area contributed by atoms with Gasteiger partial charge in [0.2, 0.25) is 0 Å². The first-order chi connectivity index (χ1) is 14.1. The summed E-state index contributed by atoms with van der Waals surface area (Å²) in [5, 5.41) is 10.2. The zero-order chi connectivity index (χ0) is 21.9. The van der Waals surface area contributed by atoms with E-state index in [2.05, 4.69) is 46.2 Å². The summed E-state index contributed by atoms with van der Waals surface area (Å²) >= 11 is 6.42. The van der Waals surface area contributed by atoms with E-state index in [0.717, 1.165) is 32.5 Å². The number of amides is 1. The van der Waals surface area contributed by atoms with E-state index in [1.807, 2.05) is 13.8 Å². The topological polar surface area (TPSA) is 83.1 Å². The summed E-state index contributed by atoms with van der Waals surface area (Å²) < 4.78 is 6.14. The predicted octanol–water partition coefficient (Wildman–Crippen LogP) is 4.15. The largest absolute Gasteiger partial charge is 0.489 e. The van der Waals surface area contributed by atoms with Crippen molar-refractivity contribution in [1.82, 2.24) is 25.4 Å². The molecule has 7 nitrogen and oxygen atoms in total. The minimum atomic E-state index is -0.310. The molecular weight excluding hydrogens is 402 g/mol. The van der Waals surface area contributed by atoms with Crippen LogP contribution in [0.5, 0.6) is 5.75 Å². The van der Waals surface area contributed by atoms with Crippen LogP contribution >= 0.6 is 11.6 Å². The highest BCUT2D eigenvalue weighted by Crippen LogP contribution is 2.29. The Balaban J connectivity index is 1.54. The van der Waals surface area contributed by atoms with Crippen LogP contribution in [0.1, 0.15) is 68.6 Å². The summed E-state index contributed by atoms with van der Waals surface area (Å²) in [6, 6.07) is 4.86. The van der Waals surface area contributed by atoms with Gasteiger partial charge in [0.25, 0.3) is 5.91 Å². The average Bonchev–Trinajstić information content (AvgIpc) is 3.10. The lowest BCUT2D eigenvalue weighted by Gasteiger charge is -2.36. The number of aromatic nitrogens is 3. The van der Waals surface area contributed by atoms with Crippen LogP contribution < -0.4 is 10.1 Å². The molecule has 164 valence electrons. The molecular formula is C22H32ClN5O2. The van der Waals surface area contributed by atoms with Crippen LogP contribution in [0.15, 0.2) is 18.2 Å². The summed E-state index contributed by atoms with van der Waals surface area (Å²) in [6.07, 6.45) is 2.09. The number of carbonyl (C=O) groups is 1. The van der Waals surface area contributed by atoms with Crippen LogP contribution in [0.4, 0.5) is 0 Å². The normalized spacial score (nSPS) is 17.0. The molecule has 1 saturated heterocycles. The highest BCUT2D eigenvalue weighted by atomic mass is 35.5. The number of carbonyl (C=O) groups excluding carboxylic acids is 1. The number of piperidine rings is 1. The highest BCUT2D eigenvalue weighted by molar-refractivity contribution is 6.32. The van der Waals surface area contributed by atoms with Crippen molar-refractivity contribution in [3.63, 3.8) is 0 Å². The van der Waals surface area contributed by atoms with E-state index < -0.39 is 0 Å². The number of H-pyrrole nitrogens is 1. The van der Waals surface area contributed by atoms with E-state index in [1.54, 1.807) is 18.2 Å². The monoisotopic (exact) mass is 433 g/mol. The van der Waals surface area contributed by atoms with Gasteiger partial charge in [-0.3, -0.25) is 9.89 Å². The van der Waals surface area contributed by atoms with Gasteiger partial charge in [-0.2, -0.15) is 5.10 Å². The molecule has 1 aliphatic heterocycles. The second kappa shape index (κ2) is 9.35. The van der Waals surface area contributed by atoms with Crippen LogP contribution in [0.2, 0.25) is 5.02 Å². The first kappa shape index (κ1) is 22.6. The second-order valence-corrected chi connectivity index (χ2v) is 9.68. The Morgan fingerprint density at radius 1 is 1.37 bits per heavy atom. The molecule has 8 heteroatoms. The molecule has 1 amide bonds. The van der Waals surface area contributed by atoms with Crippen molar-refractivity contribution in [2.24, 2.45) is 5.41 Å². The van der Waals surface area contributed by atoms with Crippen LogP contribution in [-0.2, 0) is 0 Å². The van der Waals surface area contributed by atoms with E-state index in [4.69, 9.17) is 16.3 Å². The van der Waals surface area contributed by atoms with Crippen molar-refractivity contribution in [2.75, 3.05) is 19.6 Å². The lowest BCUT2D eigenvalue weighted by atomic mass is 9.94. The van der Waals surface area contributed by atoms with Gasteiger partial charge in [-0.1, -0.05) is 32.4 Å². The third-order valence-electron chi connectivity index (χ3n) is 5.07. The van der Waals surface area contributed by atoms with Gasteiger partial charge in [-0.15, -0.1) is 0 Å². The van der Waals surface area contributed by atoms with Gasteiger partial charge in [0.1, 0.15) is 17.7 Å². The summed E-state index contributed by atoms with van der Waals surface area (Å²) in [6.45, 7) is 13.6. The highest BCUT2D eigenvalue weighted by Gasteiger charge is 2.24. The third-order valence-corrected chi connectivity index (χ3v) is 5.37. The van der Waals surface area contributed by atoms with Crippen molar-refractivity contribution in [2.45, 2.75) is 59.6 Å². The number of aryl methyl sites for hydroxylation is 1. The minimum Gasteiger partial charge on any atom is -0.489 e. The predicted molar refractivity (Wildman–Crippen MR) is 118 cm³/mol. The molecule has 0 spiro atoms. The van der Waals surface area contributed by atoms with Crippen LogP contribution in [0.25, 0.3) is 0 Å². The van der Waals surface area contributed by atoms with Gasteiger partial charge in [-0.05, 0) is 50.3 Å². The van der Waals surface area contributed by atoms with Gasteiger partial charge in [0.05, 0.1) is 11.1 Å². The SMILES string of the molecule is Cc1nc([C@H](C)NC(=O)c2ccc(OC3CCN(CC(C)(C)C)CC3)c(Cl)c2)n[nH]1. The molecule has 1 aromatic heterocycles. The van der Waals surface area contributed by atoms with Crippen molar-refractivity contribution < 1.29 is 9.53 Å². The quantitative estimate of drug-likeness (QED) is 0.715. The summed E-state index contributed by atoms with van der Waals surface area (Å²) in [5.41, 5.74) is 0.781. The molecule has 0 radical (unpaired) electrons. The van der Waals surface area contributed by atoms with Crippen molar-refractivity contribution in [3.8, 4) is 5.75 Å². The zero-order valence-corrected chi connectivity index (χ0v) is 19.2. The fraction of sp³-hybridized carbons (Fsp3) is 0.591. The number of aromatic amines is 1. The Bertz CT molecular complexity index is 869. The minimum absolute atomic E-state index is 0.146. The molecule has 0 bridgehead atoms. The molecule has 1 fully saturated rings. The maximum atomic E-state index is 12.6.